The number of rotatable bonds is 5. The monoisotopic (exact) mass is 379 g/mol. The summed E-state index contributed by atoms with van der Waals surface area (Å²) in [6.07, 6.45) is 5.52. The van der Waals surface area contributed by atoms with Gasteiger partial charge in [-0.05, 0) is 25.0 Å². The van der Waals surface area contributed by atoms with Gasteiger partial charge < -0.3 is 19.5 Å². The minimum atomic E-state index is -0.0390. The van der Waals surface area contributed by atoms with Crippen molar-refractivity contribution in [3.05, 3.63) is 48.4 Å². The molecule has 4 rings (SSSR count). The minimum Gasteiger partial charge on any atom is -0.496 e. The number of hydrogen-bond acceptors (Lipinski definition) is 5. The van der Waals surface area contributed by atoms with Crippen LogP contribution in [0.4, 0.5) is 5.69 Å². The van der Waals surface area contributed by atoms with Crippen molar-refractivity contribution in [2.24, 2.45) is 13.0 Å². The number of carbonyl (C=O) groups is 1. The molecule has 1 atom stereocenters. The number of nitrogens with zero attached hydrogens (tertiary/aromatic N) is 4. The standard InChI is InChI=1S/C21H25N5O2/c1-25-14-24-18-10-17(12-22-20(18)25)26-9-5-7-16(13-26)21(27)23-11-15-6-3-4-8-19(15)28-2/h3-4,6,8,10,12,14,16H,5,7,9,11,13H2,1-2H3,(H,23,27)/t16-/m0/s1. The lowest BCUT2D eigenvalue weighted by Crippen LogP contribution is -2.43. The first-order valence-corrected chi connectivity index (χ1v) is 9.57. The van der Waals surface area contributed by atoms with Gasteiger partial charge in [-0.1, -0.05) is 18.2 Å². The molecule has 28 heavy (non-hydrogen) atoms. The van der Waals surface area contributed by atoms with Crippen molar-refractivity contribution in [2.45, 2.75) is 19.4 Å². The fraction of sp³-hybridized carbons (Fsp3) is 0.381. The number of carbonyl (C=O) groups excluding carboxylic acids is 1. The van der Waals surface area contributed by atoms with Crippen LogP contribution in [0, 0.1) is 5.92 Å². The normalized spacial score (nSPS) is 16.9. The number of ether oxygens (including phenoxy) is 1. The van der Waals surface area contributed by atoms with Crippen LogP contribution in [-0.2, 0) is 18.4 Å². The van der Waals surface area contributed by atoms with E-state index in [0.29, 0.717) is 13.1 Å². The van der Waals surface area contributed by atoms with E-state index in [9.17, 15) is 4.79 Å². The number of aromatic nitrogens is 3. The van der Waals surface area contributed by atoms with E-state index in [2.05, 4.69) is 26.3 Å². The SMILES string of the molecule is COc1ccccc1CNC(=O)[C@H]1CCCN(c2cnc3c(c2)ncn3C)C1. The lowest BCUT2D eigenvalue weighted by Gasteiger charge is -2.33. The smallest absolute Gasteiger partial charge is 0.225 e. The summed E-state index contributed by atoms with van der Waals surface area (Å²) in [4.78, 5) is 23.9. The highest BCUT2D eigenvalue weighted by atomic mass is 16.5. The van der Waals surface area contributed by atoms with Crippen molar-refractivity contribution in [1.29, 1.82) is 0 Å². The van der Waals surface area contributed by atoms with Gasteiger partial charge in [0.2, 0.25) is 5.91 Å². The lowest BCUT2D eigenvalue weighted by molar-refractivity contribution is -0.125. The molecule has 0 radical (unpaired) electrons. The van der Waals surface area contributed by atoms with Crippen molar-refractivity contribution in [3.8, 4) is 5.75 Å². The first kappa shape index (κ1) is 18.3. The van der Waals surface area contributed by atoms with Crippen molar-refractivity contribution in [1.82, 2.24) is 19.9 Å². The summed E-state index contributed by atoms with van der Waals surface area (Å²) in [6.45, 7) is 2.09. The molecule has 3 aromatic rings. The molecule has 0 aliphatic carbocycles. The second-order valence-corrected chi connectivity index (χ2v) is 7.21. The number of benzene rings is 1. The number of fused-ring (bicyclic) bond motifs is 1. The number of methoxy groups -OCH3 is 1. The molecule has 1 fully saturated rings. The van der Waals surface area contributed by atoms with Crippen LogP contribution in [0.1, 0.15) is 18.4 Å². The zero-order chi connectivity index (χ0) is 19.5. The van der Waals surface area contributed by atoms with Crippen LogP contribution in [-0.4, -0.2) is 40.6 Å². The van der Waals surface area contributed by atoms with Gasteiger partial charge in [-0.25, -0.2) is 9.97 Å². The van der Waals surface area contributed by atoms with Gasteiger partial charge in [0.15, 0.2) is 5.65 Å². The Kier molecular flexibility index (Phi) is 5.14. The third-order valence-corrected chi connectivity index (χ3v) is 5.34. The van der Waals surface area contributed by atoms with Crippen molar-refractivity contribution < 1.29 is 9.53 Å². The minimum absolute atomic E-state index is 0.0390. The Balaban J connectivity index is 1.41. The van der Waals surface area contributed by atoms with E-state index >= 15 is 0 Å². The molecular weight excluding hydrogens is 354 g/mol. The summed E-state index contributed by atoms with van der Waals surface area (Å²) >= 11 is 0. The van der Waals surface area contributed by atoms with Gasteiger partial charge in [-0.3, -0.25) is 4.79 Å². The molecule has 0 unspecified atom stereocenters. The molecule has 1 aliphatic rings. The molecule has 1 amide bonds. The van der Waals surface area contributed by atoms with E-state index in [4.69, 9.17) is 4.74 Å². The Morgan fingerprint density at radius 3 is 3.04 bits per heavy atom. The van der Waals surface area contributed by atoms with E-state index in [1.807, 2.05) is 42.1 Å². The van der Waals surface area contributed by atoms with Crippen molar-refractivity contribution in [3.63, 3.8) is 0 Å². The van der Waals surface area contributed by atoms with Gasteiger partial charge in [-0.2, -0.15) is 0 Å². The zero-order valence-corrected chi connectivity index (χ0v) is 16.3. The summed E-state index contributed by atoms with van der Waals surface area (Å²) in [5.41, 5.74) is 3.75. The Bertz CT molecular complexity index is 984. The van der Waals surface area contributed by atoms with E-state index in [1.165, 1.54) is 0 Å². The first-order valence-electron chi connectivity index (χ1n) is 9.57. The first-order chi connectivity index (χ1) is 13.7. The highest BCUT2D eigenvalue weighted by Gasteiger charge is 2.26. The maximum Gasteiger partial charge on any atom is 0.225 e. The number of hydrogen-bond donors (Lipinski definition) is 1. The Morgan fingerprint density at radius 2 is 2.18 bits per heavy atom. The van der Waals surface area contributed by atoms with Crippen LogP contribution < -0.4 is 15.0 Å². The summed E-state index contributed by atoms with van der Waals surface area (Å²) < 4.78 is 7.27. The van der Waals surface area contributed by atoms with Crippen LogP contribution in [0.25, 0.3) is 11.2 Å². The second kappa shape index (κ2) is 7.88. The molecule has 2 aromatic heterocycles. The number of aryl methyl sites for hydroxylation is 1. The molecule has 0 saturated carbocycles. The average Bonchev–Trinajstić information content (AvgIpc) is 3.12. The molecule has 1 aliphatic heterocycles. The number of amides is 1. The van der Waals surface area contributed by atoms with E-state index in [-0.39, 0.29) is 11.8 Å². The van der Waals surface area contributed by atoms with Crippen LogP contribution in [0.15, 0.2) is 42.9 Å². The number of para-hydroxylation sites is 1. The van der Waals surface area contributed by atoms with Crippen molar-refractivity contribution >= 4 is 22.8 Å². The summed E-state index contributed by atoms with van der Waals surface area (Å²) in [7, 11) is 3.58. The molecule has 0 spiro atoms. The molecule has 7 nitrogen and oxygen atoms in total. The number of anilines is 1. The third kappa shape index (κ3) is 3.65. The molecule has 1 N–H and O–H groups in total. The quantitative estimate of drug-likeness (QED) is 0.737. The third-order valence-electron chi connectivity index (χ3n) is 5.34. The Morgan fingerprint density at radius 1 is 1.32 bits per heavy atom. The molecule has 1 saturated heterocycles. The number of piperidine rings is 1. The van der Waals surface area contributed by atoms with Gasteiger partial charge in [0, 0.05) is 32.2 Å². The van der Waals surface area contributed by atoms with Gasteiger partial charge in [0.1, 0.15) is 11.3 Å². The molecule has 1 aromatic carbocycles. The summed E-state index contributed by atoms with van der Waals surface area (Å²) in [6, 6.07) is 9.81. The summed E-state index contributed by atoms with van der Waals surface area (Å²) in [5, 5.41) is 3.07. The van der Waals surface area contributed by atoms with Crippen LogP contribution >= 0.6 is 0 Å². The molecule has 146 valence electrons. The molecule has 0 bridgehead atoms. The van der Waals surface area contributed by atoms with Gasteiger partial charge >= 0.3 is 0 Å². The lowest BCUT2D eigenvalue weighted by atomic mass is 9.96. The molecular formula is C21H25N5O2. The van der Waals surface area contributed by atoms with Crippen LogP contribution in [0.2, 0.25) is 0 Å². The summed E-state index contributed by atoms with van der Waals surface area (Å²) in [5.74, 6) is 0.841. The topological polar surface area (TPSA) is 72.3 Å². The maximum absolute atomic E-state index is 12.8. The predicted octanol–water partition coefficient (Wildman–Crippen LogP) is 2.51. The largest absolute Gasteiger partial charge is 0.496 e. The predicted molar refractivity (Wildman–Crippen MR) is 108 cm³/mol. The fourth-order valence-electron chi connectivity index (χ4n) is 3.78. The number of nitrogens with one attached hydrogen (secondary N) is 1. The van der Waals surface area contributed by atoms with E-state index in [0.717, 1.165) is 47.6 Å². The van der Waals surface area contributed by atoms with Gasteiger partial charge in [0.05, 0.1) is 31.2 Å². The highest BCUT2D eigenvalue weighted by Crippen LogP contribution is 2.25. The second-order valence-electron chi connectivity index (χ2n) is 7.21. The van der Waals surface area contributed by atoms with E-state index in [1.54, 1.807) is 13.4 Å². The number of pyridine rings is 1. The zero-order valence-electron chi connectivity index (χ0n) is 16.3. The molecule has 3 heterocycles. The fourth-order valence-corrected chi connectivity index (χ4v) is 3.78. The van der Waals surface area contributed by atoms with Crippen molar-refractivity contribution in [2.75, 3.05) is 25.1 Å². The van der Waals surface area contributed by atoms with Crippen LogP contribution in [0.3, 0.4) is 0 Å². The Labute approximate surface area is 164 Å². The van der Waals surface area contributed by atoms with Gasteiger partial charge in [0.25, 0.3) is 0 Å². The Hall–Kier alpha value is -3.09. The maximum atomic E-state index is 12.8. The molecule has 7 heteroatoms. The highest BCUT2D eigenvalue weighted by molar-refractivity contribution is 5.80. The van der Waals surface area contributed by atoms with E-state index < -0.39 is 0 Å². The van der Waals surface area contributed by atoms with Gasteiger partial charge in [-0.15, -0.1) is 0 Å². The average molecular weight is 379 g/mol. The van der Waals surface area contributed by atoms with Crippen LogP contribution in [0.5, 0.6) is 5.75 Å². The number of imidazole rings is 1.